The van der Waals surface area contributed by atoms with E-state index in [4.69, 9.17) is 4.74 Å². The highest BCUT2D eigenvalue weighted by Crippen LogP contribution is 2.26. The number of amides is 2. The molecule has 0 aliphatic carbocycles. The normalized spacial score (nSPS) is 25.1. The Kier molecular flexibility index (Phi) is 4.29. The van der Waals surface area contributed by atoms with Crippen LogP contribution < -0.4 is 15.4 Å². The van der Waals surface area contributed by atoms with Crippen molar-refractivity contribution in [1.82, 2.24) is 10.2 Å². The lowest BCUT2D eigenvalue weighted by molar-refractivity contribution is 0.195. The number of urea groups is 1. The van der Waals surface area contributed by atoms with Crippen molar-refractivity contribution in [2.45, 2.75) is 37.8 Å². The molecule has 0 bridgehead atoms. The Balaban J connectivity index is 1.63. The van der Waals surface area contributed by atoms with E-state index in [9.17, 15) is 4.79 Å². The monoisotopic (exact) mass is 289 g/mol. The van der Waals surface area contributed by atoms with Crippen LogP contribution in [0.5, 0.6) is 5.75 Å². The minimum Gasteiger partial charge on any atom is -0.497 e. The second-order valence-corrected chi connectivity index (χ2v) is 5.76. The highest BCUT2D eigenvalue weighted by atomic mass is 16.5. The number of benzene rings is 1. The maximum absolute atomic E-state index is 12.5. The number of hydrogen-bond donors (Lipinski definition) is 2. The number of anilines is 1. The molecule has 2 saturated heterocycles. The van der Waals surface area contributed by atoms with E-state index in [-0.39, 0.29) is 6.03 Å². The first-order chi connectivity index (χ1) is 10.3. The lowest BCUT2D eigenvalue weighted by atomic mass is 10.0. The van der Waals surface area contributed by atoms with Gasteiger partial charge in [-0.05, 0) is 56.5 Å². The van der Waals surface area contributed by atoms with E-state index in [1.165, 1.54) is 12.8 Å². The molecule has 0 saturated carbocycles. The zero-order valence-corrected chi connectivity index (χ0v) is 12.5. The molecule has 114 valence electrons. The van der Waals surface area contributed by atoms with Crippen molar-refractivity contribution in [1.29, 1.82) is 0 Å². The molecule has 1 aromatic carbocycles. The highest BCUT2D eigenvalue weighted by Gasteiger charge is 2.35. The van der Waals surface area contributed by atoms with E-state index in [1.807, 2.05) is 29.2 Å². The summed E-state index contributed by atoms with van der Waals surface area (Å²) in [5.41, 5.74) is 0.811. The molecule has 2 atom stereocenters. The van der Waals surface area contributed by atoms with Crippen LogP contribution in [0.25, 0.3) is 0 Å². The molecule has 2 amide bonds. The van der Waals surface area contributed by atoms with Crippen LogP contribution in [0.15, 0.2) is 24.3 Å². The van der Waals surface area contributed by atoms with Gasteiger partial charge in [0.05, 0.1) is 7.11 Å². The average Bonchev–Trinajstić information content (AvgIpc) is 3.18. The Morgan fingerprint density at radius 3 is 2.76 bits per heavy atom. The summed E-state index contributed by atoms with van der Waals surface area (Å²) in [5.74, 6) is 0.794. The Morgan fingerprint density at radius 2 is 2.10 bits per heavy atom. The molecule has 2 aliphatic rings. The van der Waals surface area contributed by atoms with Crippen LogP contribution in [0, 0.1) is 0 Å². The summed E-state index contributed by atoms with van der Waals surface area (Å²) in [6.45, 7) is 1.93. The van der Waals surface area contributed by atoms with E-state index in [2.05, 4.69) is 10.6 Å². The zero-order chi connectivity index (χ0) is 14.7. The lowest BCUT2D eigenvalue weighted by Gasteiger charge is -2.29. The third-order valence-corrected chi connectivity index (χ3v) is 4.46. The first kappa shape index (κ1) is 14.2. The molecule has 0 spiro atoms. The van der Waals surface area contributed by atoms with Crippen molar-refractivity contribution in [2.75, 3.05) is 25.5 Å². The minimum atomic E-state index is 0.0105. The summed E-state index contributed by atoms with van der Waals surface area (Å²) < 4.78 is 5.13. The second kappa shape index (κ2) is 6.35. The van der Waals surface area contributed by atoms with Gasteiger partial charge in [-0.15, -0.1) is 0 Å². The van der Waals surface area contributed by atoms with Crippen LogP contribution in [-0.2, 0) is 0 Å². The van der Waals surface area contributed by atoms with Crippen LogP contribution in [-0.4, -0.2) is 43.2 Å². The highest BCUT2D eigenvalue weighted by molar-refractivity contribution is 5.89. The predicted molar refractivity (Wildman–Crippen MR) is 82.8 cm³/mol. The van der Waals surface area contributed by atoms with Gasteiger partial charge in [0.1, 0.15) is 5.75 Å². The van der Waals surface area contributed by atoms with Gasteiger partial charge in [0.25, 0.3) is 0 Å². The maximum atomic E-state index is 12.5. The average molecular weight is 289 g/mol. The molecular weight excluding hydrogens is 266 g/mol. The van der Waals surface area contributed by atoms with Gasteiger partial charge in [0, 0.05) is 24.3 Å². The Hall–Kier alpha value is -1.75. The molecule has 0 aromatic heterocycles. The number of carbonyl (C=O) groups excluding carboxylic acids is 1. The molecule has 2 fully saturated rings. The standard InChI is InChI=1S/C16H23N3O2/c1-21-13-8-6-12(7-9-13)18-16(20)19-11-3-5-15(19)14-4-2-10-17-14/h6-9,14-15,17H,2-5,10-11H2,1H3,(H,18,20). The van der Waals surface area contributed by atoms with Crippen molar-refractivity contribution < 1.29 is 9.53 Å². The van der Waals surface area contributed by atoms with Crippen molar-refractivity contribution in [2.24, 2.45) is 0 Å². The fourth-order valence-electron chi connectivity index (χ4n) is 3.37. The molecule has 2 unspecified atom stereocenters. The maximum Gasteiger partial charge on any atom is 0.322 e. The number of rotatable bonds is 3. The molecular formula is C16H23N3O2. The van der Waals surface area contributed by atoms with Gasteiger partial charge in [0.2, 0.25) is 0 Å². The van der Waals surface area contributed by atoms with Crippen LogP contribution >= 0.6 is 0 Å². The number of likely N-dealkylation sites (tertiary alicyclic amines) is 1. The van der Waals surface area contributed by atoms with E-state index >= 15 is 0 Å². The van der Waals surface area contributed by atoms with Gasteiger partial charge in [-0.2, -0.15) is 0 Å². The van der Waals surface area contributed by atoms with Crippen LogP contribution in [0.1, 0.15) is 25.7 Å². The predicted octanol–water partition coefficient (Wildman–Crippen LogP) is 2.44. The summed E-state index contributed by atoms with van der Waals surface area (Å²) in [7, 11) is 1.64. The molecule has 2 N–H and O–H groups in total. The van der Waals surface area contributed by atoms with Gasteiger partial charge >= 0.3 is 6.03 Å². The lowest BCUT2D eigenvalue weighted by Crippen LogP contribution is -2.48. The van der Waals surface area contributed by atoms with E-state index < -0.39 is 0 Å². The fraction of sp³-hybridized carbons (Fsp3) is 0.562. The molecule has 5 heteroatoms. The summed E-state index contributed by atoms with van der Waals surface area (Å²) in [5, 5.41) is 6.52. The van der Waals surface area contributed by atoms with Crippen LogP contribution in [0.3, 0.4) is 0 Å². The molecule has 1 aromatic rings. The smallest absolute Gasteiger partial charge is 0.322 e. The molecule has 2 aliphatic heterocycles. The number of nitrogens with zero attached hydrogens (tertiary/aromatic N) is 1. The van der Waals surface area contributed by atoms with Crippen molar-refractivity contribution in [3.63, 3.8) is 0 Å². The number of ether oxygens (including phenoxy) is 1. The molecule has 5 nitrogen and oxygen atoms in total. The summed E-state index contributed by atoms with van der Waals surface area (Å²) in [6, 6.07) is 8.27. The zero-order valence-electron chi connectivity index (χ0n) is 12.5. The van der Waals surface area contributed by atoms with Gasteiger partial charge < -0.3 is 20.3 Å². The van der Waals surface area contributed by atoms with Crippen LogP contribution in [0.2, 0.25) is 0 Å². The SMILES string of the molecule is COc1ccc(NC(=O)N2CCCC2C2CCCN2)cc1. The number of nitrogens with one attached hydrogen (secondary N) is 2. The van der Waals surface area contributed by atoms with Gasteiger partial charge in [-0.3, -0.25) is 0 Å². The fourth-order valence-corrected chi connectivity index (χ4v) is 3.37. The largest absolute Gasteiger partial charge is 0.497 e. The Morgan fingerprint density at radius 1 is 1.29 bits per heavy atom. The number of hydrogen-bond acceptors (Lipinski definition) is 3. The van der Waals surface area contributed by atoms with Crippen molar-refractivity contribution in [3.05, 3.63) is 24.3 Å². The molecule has 2 heterocycles. The number of methoxy groups -OCH3 is 1. The minimum absolute atomic E-state index is 0.0105. The molecule has 21 heavy (non-hydrogen) atoms. The summed E-state index contributed by atoms with van der Waals surface area (Å²) in [6.07, 6.45) is 4.60. The van der Waals surface area contributed by atoms with Crippen LogP contribution in [0.4, 0.5) is 10.5 Å². The van der Waals surface area contributed by atoms with E-state index in [0.29, 0.717) is 12.1 Å². The molecule has 3 rings (SSSR count). The number of carbonyl (C=O) groups is 1. The second-order valence-electron chi connectivity index (χ2n) is 5.76. The summed E-state index contributed by atoms with van der Waals surface area (Å²) in [4.78, 5) is 14.5. The van der Waals surface area contributed by atoms with Gasteiger partial charge in [0.15, 0.2) is 0 Å². The first-order valence-corrected chi connectivity index (χ1v) is 7.73. The third-order valence-electron chi connectivity index (χ3n) is 4.46. The Labute approximate surface area is 125 Å². The third kappa shape index (κ3) is 3.13. The quantitative estimate of drug-likeness (QED) is 0.898. The Bertz CT molecular complexity index is 483. The first-order valence-electron chi connectivity index (χ1n) is 7.73. The van der Waals surface area contributed by atoms with E-state index in [0.717, 1.165) is 37.4 Å². The van der Waals surface area contributed by atoms with Gasteiger partial charge in [-0.25, -0.2) is 4.79 Å². The van der Waals surface area contributed by atoms with E-state index in [1.54, 1.807) is 7.11 Å². The van der Waals surface area contributed by atoms with Crippen molar-refractivity contribution >= 4 is 11.7 Å². The molecule has 0 radical (unpaired) electrons. The topological polar surface area (TPSA) is 53.6 Å². The summed E-state index contributed by atoms with van der Waals surface area (Å²) >= 11 is 0. The van der Waals surface area contributed by atoms with Crippen molar-refractivity contribution in [3.8, 4) is 5.75 Å². The van der Waals surface area contributed by atoms with Gasteiger partial charge in [-0.1, -0.05) is 0 Å².